The summed E-state index contributed by atoms with van der Waals surface area (Å²) < 4.78 is 12.1. The topological polar surface area (TPSA) is 52.1 Å². The van der Waals surface area contributed by atoms with Crippen molar-refractivity contribution in [2.24, 2.45) is 0 Å². The third kappa shape index (κ3) is 4.16. The zero-order valence-corrected chi connectivity index (χ0v) is 23.6. The Morgan fingerprint density at radius 2 is 0.773 bits per heavy atom. The predicted molar refractivity (Wildman–Crippen MR) is 178 cm³/mol. The molecule has 2 heterocycles. The summed E-state index contributed by atoms with van der Waals surface area (Å²) in [5.74, 6) is 1.27. The molecule has 4 heteroatoms. The second kappa shape index (κ2) is 9.79. The van der Waals surface area contributed by atoms with E-state index in [0.29, 0.717) is 11.8 Å². The van der Waals surface area contributed by atoms with Gasteiger partial charge in [0.25, 0.3) is 0 Å². The van der Waals surface area contributed by atoms with E-state index < -0.39 is 0 Å². The van der Waals surface area contributed by atoms with Crippen molar-refractivity contribution >= 4 is 43.7 Å². The molecule has 0 bridgehead atoms. The number of fused-ring (bicyclic) bond motifs is 5. The van der Waals surface area contributed by atoms with E-state index in [2.05, 4.69) is 94.9 Å². The number of aromatic nitrogens is 2. The highest BCUT2D eigenvalue weighted by molar-refractivity contribution is 6.09. The lowest BCUT2D eigenvalue weighted by molar-refractivity contribution is 0.619. The number of hydrogen-bond donors (Lipinski definition) is 0. The second-order valence-electron chi connectivity index (χ2n) is 11.1. The van der Waals surface area contributed by atoms with Gasteiger partial charge in [-0.25, -0.2) is 9.97 Å². The van der Waals surface area contributed by atoms with E-state index in [1.54, 1.807) is 0 Å². The van der Waals surface area contributed by atoms with Crippen molar-refractivity contribution in [1.29, 1.82) is 0 Å². The Balaban J connectivity index is 1.06. The summed E-state index contributed by atoms with van der Waals surface area (Å²) in [4.78, 5) is 9.37. The Morgan fingerprint density at radius 3 is 1.25 bits per heavy atom. The number of nitrogens with zero attached hydrogens (tertiary/aromatic N) is 2. The molecule has 0 fully saturated rings. The summed E-state index contributed by atoms with van der Waals surface area (Å²) in [5.41, 5.74) is 9.81. The molecule has 9 aromatic rings. The van der Waals surface area contributed by atoms with Crippen molar-refractivity contribution in [3.8, 4) is 45.2 Å². The summed E-state index contributed by atoms with van der Waals surface area (Å²) in [6, 6.07) is 50.3. The fourth-order valence-corrected chi connectivity index (χ4v) is 6.09. The maximum absolute atomic E-state index is 6.03. The van der Waals surface area contributed by atoms with Gasteiger partial charge < -0.3 is 8.83 Å². The quantitative estimate of drug-likeness (QED) is 0.200. The van der Waals surface area contributed by atoms with Gasteiger partial charge in [-0.1, -0.05) is 84.9 Å². The van der Waals surface area contributed by atoms with E-state index in [1.807, 2.05) is 60.7 Å². The lowest BCUT2D eigenvalue weighted by Gasteiger charge is -2.10. The number of para-hydroxylation sites is 4. The average Bonchev–Trinajstić information content (AvgIpc) is 3.73. The van der Waals surface area contributed by atoms with Gasteiger partial charge >= 0.3 is 0 Å². The van der Waals surface area contributed by atoms with E-state index in [4.69, 9.17) is 8.83 Å². The molecule has 0 atom stereocenters. The van der Waals surface area contributed by atoms with Crippen LogP contribution in [-0.2, 0) is 0 Å². The fourth-order valence-electron chi connectivity index (χ4n) is 6.09. The van der Waals surface area contributed by atoms with Crippen LogP contribution in [0.2, 0.25) is 0 Å². The normalized spacial score (nSPS) is 11.6. The number of benzene rings is 7. The van der Waals surface area contributed by atoms with Gasteiger partial charge in [-0.05, 0) is 104 Å². The van der Waals surface area contributed by atoms with Gasteiger partial charge in [0, 0.05) is 11.1 Å². The molecule has 2 aromatic heterocycles. The summed E-state index contributed by atoms with van der Waals surface area (Å²) >= 11 is 0. The van der Waals surface area contributed by atoms with Crippen molar-refractivity contribution in [3.63, 3.8) is 0 Å². The lowest BCUT2D eigenvalue weighted by atomic mass is 9.94. The van der Waals surface area contributed by atoms with Crippen molar-refractivity contribution in [1.82, 2.24) is 9.97 Å². The van der Waals surface area contributed by atoms with Crippen LogP contribution < -0.4 is 0 Å². The Bertz CT molecular complexity index is 2280. The van der Waals surface area contributed by atoms with Gasteiger partial charge in [0.05, 0.1) is 0 Å². The molecule has 0 saturated heterocycles. The fraction of sp³-hybridized carbons (Fsp3) is 0. The molecule has 9 rings (SSSR count). The minimum Gasteiger partial charge on any atom is -0.436 e. The SMILES string of the molecule is c1cc(-c2ccc3c(ccc4cc(-c5cccc(-c6nc7ccccc7o6)c5)ccc43)c2)cc(-c2nc3ccccc3o2)c1. The molecule has 0 amide bonds. The minimum atomic E-state index is 0.634. The molecule has 0 spiro atoms. The van der Waals surface area contributed by atoms with Crippen molar-refractivity contribution in [3.05, 3.63) is 146 Å². The molecule has 44 heavy (non-hydrogen) atoms. The van der Waals surface area contributed by atoms with Crippen LogP contribution in [0.1, 0.15) is 0 Å². The zero-order chi connectivity index (χ0) is 29.0. The van der Waals surface area contributed by atoms with Crippen LogP contribution in [0.15, 0.2) is 154 Å². The zero-order valence-electron chi connectivity index (χ0n) is 23.6. The molecule has 0 saturated carbocycles. The smallest absolute Gasteiger partial charge is 0.227 e. The molecule has 0 unspecified atom stereocenters. The van der Waals surface area contributed by atoms with Crippen LogP contribution in [-0.4, -0.2) is 9.97 Å². The highest BCUT2D eigenvalue weighted by Gasteiger charge is 2.12. The predicted octanol–water partition coefficient (Wildman–Crippen LogP) is 10.9. The van der Waals surface area contributed by atoms with Crippen molar-refractivity contribution < 1.29 is 8.83 Å². The average molecular weight is 565 g/mol. The van der Waals surface area contributed by atoms with Crippen molar-refractivity contribution in [2.75, 3.05) is 0 Å². The maximum Gasteiger partial charge on any atom is 0.227 e. The van der Waals surface area contributed by atoms with E-state index in [9.17, 15) is 0 Å². The van der Waals surface area contributed by atoms with Gasteiger partial charge in [-0.15, -0.1) is 0 Å². The first-order valence-corrected chi connectivity index (χ1v) is 14.6. The summed E-state index contributed by atoms with van der Waals surface area (Å²) in [6.07, 6.45) is 0. The van der Waals surface area contributed by atoms with Gasteiger partial charge in [-0.2, -0.15) is 0 Å². The maximum atomic E-state index is 6.03. The number of hydrogen-bond acceptors (Lipinski definition) is 4. The van der Waals surface area contributed by atoms with Gasteiger partial charge in [0.2, 0.25) is 11.8 Å². The minimum absolute atomic E-state index is 0.634. The Kier molecular flexibility index (Phi) is 5.47. The van der Waals surface area contributed by atoms with Crippen LogP contribution in [0, 0.1) is 0 Å². The van der Waals surface area contributed by atoms with Crippen LogP contribution in [0.5, 0.6) is 0 Å². The second-order valence-corrected chi connectivity index (χ2v) is 11.1. The van der Waals surface area contributed by atoms with Crippen LogP contribution in [0.3, 0.4) is 0 Å². The summed E-state index contributed by atoms with van der Waals surface area (Å²) in [7, 11) is 0. The Hall–Kier alpha value is -6.00. The van der Waals surface area contributed by atoms with Crippen LogP contribution >= 0.6 is 0 Å². The number of oxazole rings is 2. The van der Waals surface area contributed by atoms with Crippen LogP contribution in [0.25, 0.3) is 88.9 Å². The van der Waals surface area contributed by atoms with E-state index in [-0.39, 0.29) is 0 Å². The third-order valence-corrected chi connectivity index (χ3v) is 8.31. The number of rotatable bonds is 4. The molecule has 0 aliphatic carbocycles. The van der Waals surface area contributed by atoms with Gasteiger partial charge in [-0.3, -0.25) is 0 Å². The van der Waals surface area contributed by atoms with Crippen molar-refractivity contribution in [2.45, 2.75) is 0 Å². The van der Waals surface area contributed by atoms with E-state index in [1.165, 1.54) is 21.5 Å². The molecule has 0 N–H and O–H groups in total. The third-order valence-electron chi connectivity index (χ3n) is 8.31. The van der Waals surface area contributed by atoms with Crippen LogP contribution in [0.4, 0.5) is 0 Å². The molecule has 4 nitrogen and oxygen atoms in total. The molecule has 0 radical (unpaired) electrons. The van der Waals surface area contributed by atoms with E-state index in [0.717, 1.165) is 55.6 Å². The summed E-state index contributed by atoms with van der Waals surface area (Å²) in [6.45, 7) is 0. The largest absolute Gasteiger partial charge is 0.436 e. The monoisotopic (exact) mass is 564 g/mol. The summed E-state index contributed by atoms with van der Waals surface area (Å²) in [5, 5.41) is 4.86. The first kappa shape index (κ1) is 24.6. The lowest BCUT2D eigenvalue weighted by Crippen LogP contribution is -1.85. The highest BCUT2D eigenvalue weighted by Crippen LogP contribution is 2.35. The Morgan fingerprint density at radius 1 is 0.341 bits per heavy atom. The standard InChI is InChI=1S/C40H24N2O2/c1-3-13-37-35(11-1)41-39(43-37)31-9-5-7-25(23-31)27-17-19-33-29(21-27)15-16-30-22-28(18-20-34(30)33)26-8-6-10-32(24-26)40-42-36-12-2-4-14-38(36)44-40/h1-24H. The first-order valence-electron chi connectivity index (χ1n) is 14.6. The van der Waals surface area contributed by atoms with Gasteiger partial charge in [0.15, 0.2) is 11.2 Å². The Labute approximate surface area is 252 Å². The first-order chi connectivity index (χ1) is 21.7. The highest BCUT2D eigenvalue weighted by atomic mass is 16.4. The van der Waals surface area contributed by atoms with E-state index >= 15 is 0 Å². The molecule has 7 aromatic carbocycles. The molecule has 0 aliphatic rings. The molecule has 0 aliphatic heterocycles. The molecular formula is C40H24N2O2. The molecular weight excluding hydrogens is 540 g/mol. The van der Waals surface area contributed by atoms with Gasteiger partial charge in [0.1, 0.15) is 11.0 Å². The molecule has 206 valence electrons.